The second kappa shape index (κ2) is 13.0. The fourth-order valence-electron chi connectivity index (χ4n) is 4.71. The van der Waals surface area contributed by atoms with Crippen molar-refractivity contribution in [3.8, 4) is 17.1 Å². The van der Waals surface area contributed by atoms with Gasteiger partial charge in [0.15, 0.2) is 12.4 Å². The van der Waals surface area contributed by atoms with Gasteiger partial charge in [0.1, 0.15) is 5.82 Å². The van der Waals surface area contributed by atoms with Crippen molar-refractivity contribution in [2.75, 3.05) is 32.5 Å². The number of hydrogen-bond acceptors (Lipinski definition) is 11. The third kappa shape index (κ3) is 7.31. The number of fused-ring (bicyclic) bond motifs is 1. The van der Waals surface area contributed by atoms with E-state index in [0.29, 0.717) is 46.1 Å². The van der Waals surface area contributed by atoms with Crippen molar-refractivity contribution in [1.29, 1.82) is 0 Å². The van der Waals surface area contributed by atoms with Crippen molar-refractivity contribution >= 4 is 17.7 Å². The number of ether oxygens (including phenoxy) is 1. The average molecular weight is 568 g/mol. The van der Waals surface area contributed by atoms with Gasteiger partial charge in [-0.15, -0.1) is 0 Å². The molecule has 1 aliphatic heterocycles. The average Bonchev–Trinajstić information content (AvgIpc) is 2.91. The van der Waals surface area contributed by atoms with Crippen molar-refractivity contribution < 1.29 is 29.0 Å². The second-order valence-corrected chi connectivity index (χ2v) is 9.87. The van der Waals surface area contributed by atoms with Crippen LogP contribution >= 0.6 is 0 Å². The first kappa shape index (κ1) is 29.8. The number of nitrogens with two attached hydrogens (primary N) is 1. The number of aliphatic hydroxyl groups excluding tert-OH is 2. The third-order valence-electron chi connectivity index (χ3n) is 6.36. The molecule has 3 aromatic rings. The lowest BCUT2D eigenvalue weighted by Crippen LogP contribution is -2.44. The number of rotatable bonds is 10. The van der Waals surface area contributed by atoms with Crippen LogP contribution in [0.3, 0.4) is 0 Å². The fourth-order valence-corrected chi connectivity index (χ4v) is 4.71. The molecular formula is C28H34FN7O5. The van der Waals surface area contributed by atoms with Gasteiger partial charge in [0.2, 0.25) is 11.8 Å². The first-order chi connectivity index (χ1) is 19.5. The van der Waals surface area contributed by atoms with E-state index in [0.717, 1.165) is 0 Å². The number of aliphatic imine (C=N–C) groups is 1. The molecule has 0 spiro atoms. The van der Waals surface area contributed by atoms with Crippen LogP contribution < -0.4 is 16.0 Å². The number of anilines is 1. The van der Waals surface area contributed by atoms with Crippen LogP contribution in [-0.2, 0) is 16.1 Å². The Kier molecular flexibility index (Phi) is 9.42. The van der Waals surface area contributed by atoms with E-state index in [9.17, 15) is 19.4 Å². The van der Waals surface area contributed by atoms with E-state index in [1.165, 1.54) is 24.1 Å². The maximum Gasteiger partial charge on any atom is 0.251 e. The highest BCUT2D eigenvalue weighted by molar-refractivity contribution is 6.01. The maximum atomic E-state index is 14.4. The van der Waals surface area contributed by atoms with E-state index in [1.54, 1.807) is 45.0 Å². The number of carbonyl (C=O) groups is 1. The van der Waals surface area contributed by atoms with Crippen LogP contribution in [0.25, 0.3) is 11.3 Å². The molecule has 3 heterocycles. The van der Waals surface area contributed by atoms with E-state index < -0.39 is 36.6 Å². The molecule has 1 aliphatic rings. The molecule has 0 aliphatic carbocycles. The van der Waals surface area contributed by atoms with Gasteiger partial charge in [0.05, 0.1) is 48.0 Å². The monoisotopic (exact) mass is 567 g/mol. The van der Waals surface area contributed by atoms with Gasteiger partial charge in [-0.3, -0.25) is 14.6 Å². The van der Waals surface area contributed by atoms with E-state index in [2.05, 4.69) is 20.4 Å². The largest absolute Gasteiger partial charge is 0.481 e. The van der Waals surface area contributed by atoms with Crippen LogP contribution in [0.4, 0.5) is 10.3 Å². The minimum Gasteiger partial charge on any atom is -0.481 e. The number of benzene rings is 1. The number of pyridine rings is 1. The SMILES string of the molecule is COc1cccc(-c2cc(F)ccc2C2Cc3nc(N)nc(C)c3C(NOCC(=O)N(CC(C)O)CC(C)O)=N2)n1. The zero-order valence-electron chi connectivity index (χ0n) is 23.3. The predicted molar refractivity (Wildman–Crippen MR) is 149 cm³/mol. The Hall–Kier alpha value is -4.20. The summed E-state index contributed by atoms with van der Waals surface area (Å²) in [6.45, 7) is 4.54. The Balaban J connectivity index is 1.66. The smallest absolute Gasteiger partial charge is 0.251 e. The predicted octanol–water partition coefficient (Wildman–Crippen LogP) is 1.73. The number of carbonyl (C=O) groups excluding carboxylic acids is 1. The highest BCUT2D eigenvalue weighted by atomic mass is 19.1. The Bertz CT molecular complexity index is 1420. The second-order valence-electron chi connectivity index (χ2n) is 9.87. The van der Waals surface area contributed by atoms with Gasteiger partial charge in [0, 0.05) is 31.1 Å². The summed E-state index contributed by atoms with van der Waals surface area (Å²) in [5, 5.41) is 19.5. The summed E-state index contributed by atoms with van der Waals surface area (Å²) in [4.78, 5) is 37.7. The molecule has 13 heteroatoms. The molecule has 2 aromatic heterocycles. The fraction of sp³-hybridized carbons (Fsp3) is 0.393. The molecule has 0 bridgehead atoms. The van der Waals surface area contributed by atoms with Gasteiger partial charge in [-0.05, 0) is 44.5 Å². The van der Waals surface area contributed by atoms with Crippen LogP contribution in [-0.4, -0.2) is 80.8 Å². The molecule has 0 fully saturated rings. The molecule has 41 heavy (non-hydrogen) atoms. The molecule has 3 unspecified atom stereocenters. The highest BCUT2D eigenvalue weighted by Gasteiger charge is 2.29. The summed E-state index contributed by atoms with van der Waals surface area (Å²) in [5.41, 5.74) is 12.2. The summed E-state index contributed by atoms with van der Waals surface area (Å²) >= 11 is 0. The molecule has 0 saturated carbocycles. The molecule has 0 radical (unpaired) electrons. The Labute approximate surface area is 237 Å². The zero-order valence-corrected chi connectivity index (χ0v) is 23.3. The van der Waals surface area contributed by atoms with E-state index in [1.807, 2.05) is 0 Å². The molecule has 12 nitrogen and oxygen atoms in total. The Morgan fingerprint density at radius 3 is 2.59 bits per heavy atom. The molecule has 0 saturated heterocycles. The molecule has 1 amide bonds. The molecular weight excluding hydrogens is 533 g/mol. The summed E-state index contributed by atoms with van der Waals surface area (Å²) in [6, 6.07) is 9.07. The van der Waals surface area contributed by atoms with Crippen molar-refractivity contribution in [3.63, 3.8) is 0 Å². The number of halogens is 1. The molecule has 1 aromatic carbocycles. The highest BCUT2D eigenvalue weighted by Crippen LogP contribution is 2.36. The number of aliphatic hydroxyl groups is 2. The van der Waals surface area contributed by atoms with Crippen LogP contribution in [0.1, 0.15) is 42.4 Å². The molecule has 5 N–H and O–H groups in total. The number of hydroxylamine groups is 1. The number of amides is 1. The lowest BCUT2D eigenvalue weighted by Gasteiger charge is -2.27. The van der Waals surface area contributed by atoms with Crippen LogP contribution in [0.15, 0.2) is 41.4 Å². The van der Waals surface area contributed by atoms with Gasteiger partial charge < -0.3 is 25.6 Å². The normalized spacial score (nSPS) is 15.9. The third-order valence-corrected chi connectivity index (χ3v) is 6.36. The van der Waals surface area contributed by atoms with Gasteiger partial charge in [-0.25, -0.2) is 24.8 Å². The van der Waals surface area contributed by atoms with E-state index >= 15 is 0 Å². The first-order valence-corrected chi connectivity index (χ1v) is 13.1. The van der Waals surface area contributed by atoms with E-state index in [4.69, 9.17) is 20.3 Å². The number of nitrogens with zero attached hydrogens (tertiary/aromatic N) is 5. The standard InChI is InChI=1S/C28H34FN7O5/c1-15(37)12-36(13-16(2)38)25(39)14-41-35-27-26-17(3)31-28(30)34-23(26)11-22(33-27)19-9-8-18(29)10-20(19)21-6-5-7-24(32-21)40-4/h5-10,15-16,22,37-38H,11-14H2,1-4H3,(H,33,35)(H2,30,31,34). The van der Waals surface area contributed by atoms with Crippen LogP contribution in [0.5, 0.6) is 5.88 Å². The van der Waals surface area contributed by atoms with E-state index in [-0.39, 0.29) is 24.9 Å². The minimum atomic E-state index is -0.782. The van der Waals surface area contributed by atoms with Gasteiger partial charge in [-0.2, -0.15) is 0 Å². The molecule has 218 valence electrons. The van der Waals surface area contributed by atoms with Gasteiger partial charge in [-0.1, -0.05) is 12.1 Å². The topological polar surface area (TPSA) is 168 Å². The minimum absolute atomic E-state index is 0.0385. The number of aromatic nitrogens is 3. The Morgan fingerprint density at radius 2 is 1.90 bits per heavy atom. The number of nitrogen functional groups attached to an aromatic ring is 1. The molecule has 3 atom stereocenters. The first-order valence-electron chi connectivity index (χ1n) is 13.1. The van der Waals surface area contributed by atoms with Crippen LogP contribution in [0, 0.1) is 12.7 Å². The van der Waals surface area contributed by atoms with Crippen LogP contribution in [0.2, 0.25) is 0 Å². The number of nitrogens with one attached hydrogen (secondary N) is 1. The number of amidine groups is 1. The lowest BCUT2D eigenvalue weighted by atomic mass is 9.91. The van der Waals surface area contributed by atoms with Crippen molar-refractivity contribution in [3.05, 3.63) is 64.7 Å². The van der Waals surface area contributed by atoms with Crippen molar-refractivity contribution in [1.82, 2.24) is 25.3 Å². The summed E-state index contributed by atoms with van der Waals surface area (Å²) in [5.74, 6) is -0.129. The summed E-state index contributed by atoms with van der Waals surface area (Å²) in [6.07, 6.45) is -1.22. The van der Waals surface area contributed by atoms with Gasteiger partial charge >= 0.3 is 0 Å². The lowest BCUT2D eigenvalue weighted by molar-refractivity contribution is -0.140. The zero-order chi connectivity index (χ0) is 29.7. The maximum absolute atomic E-state index is 14.4. The van der Waals surface area contributed by atoms with Gasteiger partial charge in [0.25, 0.3) is 5.91 Å². The number of aryl methyl sites for hydroxylation is 1. The summed E-state index contributed by atoms with van der Waals surface area (Å²) < 4.78 is 19.7. The quantitative estimate of drug-likeness (QED) is 0.265. The molecule has 4 rings (SSSR count). The Morgan fingerprint density at radius 1 is 1.17 bits per heavy atom. The number of methoxy groups -OCH3 is 1. The number of hydrogen-bond donors (Lipinski definition) is 4. The summed E-state index contributed by atoms with van der Waals surface area (Å²) in [7, 11) is 1.50. The van der Waals surface area contributed by atoms with Crippen molar-refractivity contribution in [2.45, 2.75) is 45.4 Å². The van der Waals surface area contributed by atoms with Crippen molar-refractivity contribution in [2.24, 2.45) is 4.99 Å².